The van der Waals surface area contributed by atoms with Gasteiger partial charge in [0.15, 0.2) is 0 Å². The van der Waals surface area contributed by atoms with Crippen molar-refractivity contribution in [2.45, 2.75) is 19.4 Å². The molecule has 4 aromatic rings. The Labute approximate surface area is 200 Å². The molecule has 1 aliphatic rings. The van der Waals surface area contributed by atoms with Gasteiger partial charge in [0.05, 0.1) is 23.5 Å². The number of fused-ring (bicyclic) bond motifs is 1. The summed E-state index contributed by atoms with van der Waals surface area (Å²) in [6.07, 6.45) is 1.78. The van der Waals surface area contributed by atoms with Crippen molar-refractivity contribution in [3.05, 3.63) is 88.9 Å². The summed E-state index contributed by atoms with van der Waals surface area (Å²) in [4.78, 5) is 20.1. The van der Waals surface area contributed by atoms with Gasteiger partial charge in [-0.3, -0.25) is 14.3 Å². The molecular formula is C26H24BrFN4O. The first kappa shape index (κ1) is 21.8. The summed E-state index contributed by atoms with van der Waals surface area (Å²) in [7, 11) is 0. The van der Waals surface area contributed by atoms with Crippen LogP contribution < -0.4 is 5.32 Å². The number of piperidine rings is 1. The molecule has 1 amide bonds. The van der Waals surface area contributed by atoms with E-state index >= 15 is 0 Å². The third-order valence-corrected chi connectivity index (χ3v) is 6.54. The molecule has 0 saturated carbocycles. The van der Waals surface area contributed by atoms with Gasteiger partial charge < -0.3 is 5.32 Å². The van der Waals surface area contributed by atoms with Crippen molar-refractivity contribution in [1.82, 2.24) is 14.5 Å². The van der Waals surface area contributed by atoms with Crippen LogP contribution in [0.5, 0.6) is 0 Å². The Kier molecular flexibility index (Phi) is 6.24. The average Bonchev–Trinajstić information content (AvgIpc) is 3.18. The molecule has 1 aliphatic heterocycles. The van der Waals surface area contributed by atoms with Gasteiger partial charge in [-0.15, -0.1) is 0 Å². The van der Waals surface area contributed by atoms with Crippen LogP contribution in [0.2, 0.25) is 0 Å². The minimum absolute atomic E-state index is 0.0215. The number of benzene rings is 3. The first-order valence-electron chi connectivity index (χ1n) is 11.1. The van der Waals surface area contributed by atoms with E-state index < -0.39 is 0 Å². The SMILES string of the molecule is O=C(Nc1ccc(F)cc1)[C@H]1CCCN(Cc2nc3ccccc3n2-c2cccc(Br)c2)C1. The van der Waals surface area contributed by atoms with Crippen molar-refractivity contribution in [3.8, 4) is 5.69 Å². The lowest BCUT2D eigenvalue weighted by Gasteiger charge is -2.31. The molecule has 0 radical (unpaired) electrons. The molecule has 0 unspecified atom stereocenters. The van der Waals surface area contributed by atoms with E-state index in [1.165, 1.54) is 12.1 Å². The predicted molar refractivity (Wildman–Crippen MR) is 132 cm³/mol. The highest BCUT2D eigenvalue weighted by molar-refractivity contribution is 9.10. The monoisotopic (exact) mass is 506 g/mol. The first-order valence-corrected chi connectivity index (χ1v) is 11.9. The van der Waals surface area contributed by atoms with Crippen LogP contribution in [-0.4, -0.2) is 33.4 Å². The zero-order valence-corrected chi connectivity index (χ0v) is 19.6. The van der Waals surface area contributed by atoms with Crippen molar-refractivity contribution in [3.63, 3.8) is 0 Å². The van der Waals surface area contributed by atoms with Crippen LogP contribution in [0.4, 0.5) is 10.1 Å². The number of halogens is 2. The van der Waals surface area contributed by atoms with Gasteiger partial charge in [-0.1, -0.05) is 34.1 Å². The van der Waals surface area contributed by atoms with E-state index in [0.29, 0.717) is 18.8 Å². The third kappa shape index (κ3) is 4.84. The number of para-hydroxylation sites is 2. The highest BCUT2D eigenvalue weighted by Gasteiger charge is 2.27. The van der Waals surface area contributed by atoms with E-state index in [1.54, 1.807) is 12.1 Å². The van der Waals surface area contributed by atoms with Crippen LogP contribution in [0.3, 0.4) is 0 Å². The Balaban J connectivity index is 1.37. The van der Waals surface area contributed by atoms with Gasteiger partial charge in [0.1, 0.15) is 11.6 Å². The molecule has 2 heterocycles. The van der Waals surface area contributed by atoms with E-state index in [2.05, 4.69) is 48.9 Å². The van der Waals surface area contributed by atoms with Gasteiger partial charge in [0.25, 0.3) is 0 Å². The summed E-state index contributed by atoms with van der Waals surface area (Å²) in [5.41, 5.74) is 3.69. The average molecular weight is 507 g/mol. The van der Waals surface area contributed by atoms with E-state index in [4.69, 9.17) is 4.98 Å². The van der Waals surface area contributed by atoms with Crippen molar-refractivity contribution in [2.75, 3.05) is 18.4 Å². The lowest BCUT2D eigenvalue weighted by atomic mass is 9.97. The zero-order chi connectivity index (χ0) is 22.8. The highest BCUT2D eigenvalue weighted by atomic mass is 79.9. The lowest BCUT2D eigenvalue weighted by Crippen LogP contribution is -2.40. The molecule has 1 saturated heterocycles. The fraction of sp³-hybridized carbons (Fsp3) is 0.231. The zero-order valence-electron chi connectivity index (χ0n) is 18.0. The van der Waals surface area contributed by atoms with Gasteiger partial charge in [-0.2, -0.15) is 0 Å². The summed E-state index contributed by atoms with van der Waals surface area (Å²) in [6, 6.07) is 22.2. The number of carbonyl (C=O) groups is 1. The summed E-state index contributed by atoms with van der Waals surface area (Å²) < 4.78 is 16.4. The van der Waals surface area contributed by atoms with E-state index in [0.717, 1.165) is 46.4 Å². The van der Waals surface area contributed by atoms with Gasteiger partial charge in [0.2, 0.25) is 5.91 Å². The molecule has 5 nitrogen and oxygen atoms in total. The fourth-order valence-corrected chi connectivity index (χ4v) is 4.86. The Bertz CT molecular complexity index is 1290. The van der Waals surface area contributed by atoms with Crippen LogP contribution in [0.15, 0.2) is 77.3 Å². The Hall–Kier alpha value is -3.03. The number of imidazole rings is 1. The first-order chi connectivity index (χ1) is 16.1. The van der Waals surface area contributed by atoms with E-state index in [9.17, 15) is 9.18 Å². The summed E-state index contributed by atoms with van der Waals surface area (Å²) in [5.74, 6) is 0.498. The molecule has 5 rings (SSSR count). The maximum atomic E-state index is 13.2. The Morgan fingerprint density at radius 2 is 1.91 bits per heavy atom. The number of hydrogen-bond donors (Lipinski definition) is 1. The molecule has 1 aromatic heterocycles. The number of likely N-dealkylation sites (tertiary alicyclic amines) is 1. The number of aromatic nitrogens is 2. The number of nitrogens with one attached hydrogen (secondary N) is 1. The standard InChI is InChI=1S/C26H24BrFN4O/c27-19-6-3-7-22(15-19)32-24-9-2-1-8-23(24)30-25(32)17-31-14-4-5-18(16-31)26(33)29-21-12-10-20(28)11-13-21/h1-3,6-13,15,18H,4-5,14,16-17H2,(H,29,33)/t18-/m0/s1. The quantitative estimate of drug-likeness (QED) is 0.373. The van der Waals surface area contributed by atoms with Gasteiger partial charge in [0, 0.05) is 22.4 Å². The normalized spacial score (nSPS) is 16.7. The second kappa shape index (κ2) is 9.45. The number of nitrogens with zero attached hydrogens (tertiary/aromatic N) is 3. The fourth-order valence-electron chi connectivity index (χ4n) is 4.48. The Morgan fingerprint density at radius 3 is 2.73 bits per heavy atom. The van der Waals surface area contributed by atoms with Gasteiger partial charge in [-0.05, 0) is 74.0 Å². The highest BCUT2D eigenvalue weighted by Crippen LogP contribution is 2.26. The molecule has 0 bridgehead atoms. The van der Waals surface area contributed by atoms with Crippen LogP contribution in [-0.2, 0) is 11.3 Å². The van der Waals surface area contributed by atoms with Crippen molar-refractivity contribution in [1.29, 1.82) is 0 Å². The molecule has 1 N–H and O–H groups in total. The molecule has 33 heavy (non-hydrogen) atoms. The molecule has 3 aromatic carbocycles. The van der Waals surface area contributed by atoms with Crippen LogP contribution in [0.1, 0.15) is 18.7 Å². The Morgan fingerprint density at radius 1 is 1.09 bits per heavy atom. The van der Waals surface area contributed by atoms with Crippen molar-refractivity contribution in [2.24, 2.45) is 5.92 Å². The number of anilines is 1. The van der Waals surface area contributed by atoms with Crippen LogP contribution in [0.25, 0.3) is 16.7 Å². The number of carbonyl (C=O) groups excluding carboxylic acids is 1. The second-order valence-electron chi connectivity index (χ2n) is 8.40. The van der Waals surface area contributed by atoms with Crippen molar-refractivity contribution < 1.29 is 9.18 Å². The third-order valence-electron chi connectivity index (χ3n) is 6.05. The lowest BCUT2D eigenvalue weighted by molar-refractivity contribution is -0.121. The molecule has 1 fully saturated rings. The predicted octanol–water partition coefficient (Wildman–Crippen LogP) is 5.78. The van der Waals surface area contributed by atoms with Crippen LogP contribution in [0, 0.1) is 11.7 Å². The number of hydrogen-bond acceptors (Lipinski definition) is 3. The molecule has 0 aliphatic carbocycles. The molecule has 7 heteroatoms. The van der Waals surface area contributed by atoms with Gasteiger partial charge >= 0.3 is 0 Å². The molecule has 0 spiro atoms. The summed E-state index contributed by atoms with van der Waals surface area (Å²) in [5, 5.41) is 2.93. The maximum absolute atomic E-state index is 13.2. The smallest absolute Gasteiger partial charge is 0.228 e. The molecular weight excluding hydrogens is 483 g/mol. The van der Waals surface area contributed by atoms with E-state index in [-0.39, 0.29) is 17.6 Å². The minimum atomic E-state index is -0.315. The van der Waals surface area contributed by atoms with Crippen molar-refractivity contribution >= 4 is 38.6 Å². The summed E-state index contributed by atoms with van der Waals surface area (Å²) in [6.45, 7) is 2.23. The minimum Gasteiger partial charge on any atom is -0.326 e. The van der Waals surface area contributed by atoms with Crippen LogP contribution >= 0.6 is 15.9 Å². The molecule has 168 valence electrons. The largest absolute Gasteiger partial charge is 0.326 e. The second-order valence-corrected chi connectivity index (χ2v) is 9.32. The summed E-state index contributed by atoms with van der Waals surface area (Å²) >= 11 is 3.58. The topological polar surface area (TPSA) is 50.2 Å². The number of rotatable bonds is 5. The van der Waals surface area contributed by atoms with Gasteiger partial charge in [-0.25, -0.2) is 9.37 Å². The molecule has 1 atom stereocenters. The van der Waals surface area contributed by atoms with E-state index in [1.807, 2.05) is 30.3 Å². The number of amides is 1. The maximum Gasteiger partial charge on any atom is 0.228 e.